The highest BCUT2D eigenvalue weighted by atomic mass is 35.5. The van der Waals surface area contributed by atoms with Crippen molar-refractivity contribution in [3.8, 4) is 0 Å². The molecule has 0 unspecified atom stereocenters. The molecule has 0 bridgehead atoms. The quantitative estimate of drug-likeness (QED) is 0.765. The van der Waals surface area contributed by atoms with Gasteiger partial charge >= 0.3 is 0 Å². The first-order valence-corrected chi connectivity index (χ1v) is 6.18. The predicted molar refractivity (Wildman–Crippen MR) is 66.6 cm³/mol. The minimum absolute atomic E-state index is 0.344. The number of nitrogens with zero attached hydrogens (tertiary/aromatic N) is 2. The van der Waals surface area contributed by atoms with Gasteiger partial charge in [-0.1, -0.05) is 11.6 Å². The van der Waals surface area contributed by atoms with E-state index in [1.54, 1.807) is 0 Å². The van der Waals surface area contributed by atoms with Crippen molar-refractivity contribution < 1.29 is 4.74 Å². The Kier molecular flexibility index (Phi) is 3.90. The molecule has 3 nitrogen and oxygen atoms in total. The Hall–Kier alpha value is -0.510. The second-order valence-corrected chi connectivity index (χ2v) is 4.43. The highest BCUT2D eigenvalue weighted by Crippen LogP contribution is 2.32. The van der Waals surface area contributed by atoms with E-state index in [-0.39, 0.29) is 0 Å². The fourth-order valence-corrected chi connectivity index (χ4v) is 2.53. The van der Waals surface area contributed by atoms with Crippen molar-refractivity contribution in [2.24, 2.45) is 0 Å². The van der Waals surface area contributed by atoms with Gasteiger partial charge in [-0.25, -0.2) is 0 Å². The molecule has 1 fully saturated rings. The molecule has 0 aromatic carbocycles. The number of aromatic nitrogens is 1. The highest BCUT2D eigenvalue weighted by molar-refractivity contribution is 6.34. The maximum absolute atomic E-state index is 6.32. The lowest BCUT2D eigenvalue weighted by Crippen LogP contribution is -2.37. The Morgan fingerprint density at radius 1 is 1.44 bits per heavy atom. The van der Waals surface area contributed by atoms with Crippen molar-refractivity contribution in [2.45, 2.75) is 12.8 Å². The van der Waals surface area contributed by atoms with E-state index in [0.717, 1.165) is 43.2 Å². The van der Waals surface area contributed by atoms with Crippen LogP contribution in [0.25, 0.3) is 0 Å². The molecule has 2 rings (SSSR count). The van der Waals surface area contributed by atoms with E-state index < -0.39 is 0 Å². The van der Waals surface area contributed by atoms with Gasteiger partial charge < -0.3 is 9.64 Å². The summed E-state index contributed by atoms with van der Waals surface area (Å²) in [5.74, 6) is 0.344. The lowest BCUT2D eigenvalue weighted by Gasteiger charge is -2.31. The van der Waals surface area contributed by atoms with E-state index in [0.29, 0.717) is 10.9 Å². The Balaban J connectivity index is 2.37. The van der Waals surface area contributed by atoms with Gasteiger partial charge in [-0.15, -0.1) is 11.6 Å². The molecule has 0 aliphatic carbocycles. The molecule has 0 radical (unpaired) electrons. The lowest BCUT2D eigenvalue weighted by atomic mass is 10.2. The van der Waals surface area contributed by atoms with Crippen LogP contribution in [-0.4, -0.2) is 31.3 Å². The fourth-order valence-electron chi connectivity index (χ4n) is 1.87. The summed E-state index contributed by atoms with van der Waals surface area (Å²) in [6.07, 6.45) is 1.83. The Morgan fingerprint density at radius 3 is 2.75 bits per heavy atom. The molecule has 0 amide bonds. The number of pyridine rings is 1. The zero-order chi connectivity index (χ0) is 11.5. The van der Waals surface area contributed by atoms with Crippen LogP contribution < -0.4 is 4.90 Å². The molecule has 1 aliphatic rings. The normalized spacial score (nSPS) is 16.6. The van der Waals surface area contributed by atoms with E-state index in [1.807, 2.05) is 13.1 Å². The summed E-state index contributed by atoms with van der Waals surface area (Å²) in [7, 11) is 0. The van der Waals surface area contributed by atoms with Gasteiger partial charge in [0.2, 0.25) is 0 Å². The molecule has 16 heavy (non-hydrogen) atoms. The number of aryl methyl sites for hydroxylation is 1. The summed E-state index contributed by atoms with van der Waals surface area (Å²) in [4.78, 5) is 6.47. The molecular formula is C11H14Cl2N2O. The van der Waals surface area contributed by atoms with Gasteiger partial charge in [0, 0.05) is 19.3 Å². The molecule has 0 atom stereocenters. The van der Waals surface area contributed by atoms with Crippen molar-refractivity contribution in [2.75, 3.05) is 31.2 Å². The second kappa shape index (κ2) is 5.21. The van der Waals surface area contributed by atoms with Crippen LogP contribution in [0.4, 0.5) is 5.69 Å². The molecule has 2 heterocycles. The van der Waals surface area contributed by atoms with E-state index in [4.69, 9.17) is 27.9 Å². The molecule has 1 saturated heterocycles. The average Bonchev–Trinajstić information content (AvgIpc) is 2.31. The molecule has 5 heteroatoms. The number of hydrogen-bond donors (Lipinski definition) is 0. The molecular weight excluding hydrogens is 247 g/mol. The number of alkyl halides is 1. The predicted octanol–water partition coefficient (Wildman–Crippen LogP) is 2.62. The summed E-state index contributed by atoms with van der Waals surface area (Å²) in [6, 6.07) is 0. The third kappa shape index (κ3) is 2.26. The van der Waals surface area contributed by atoms with Gasteiger partial charge in [-0.05, 0) is 12.5 Å². The highest BCUT2D eigenvalue weighted by Gasteiger charge is 2.18. The van der Waals surface area contributed by atoms with Crippen LogP contribution in [0.5, 0.6) is 0 Å². The Morgan fingerprint density at radius 2 is 2.12 bits per heavy atom. The van der Waals surface area contributed by atoms with Crippen molar-refractivity contribution in [1.82, 2.24) is 4.98 Å². The molecule has 88 valence electrons. The lowest BCUT2D eigenvalue weighted by molar-refractivity contribution is 0.122. The number of halogens is 2. The maximum Gasteiger partial charge on any atom is 0.0869 e. The average molecular weight is 261 g/mol. The zero-order valence-electron chi connectivity index (χ0n) is 9.17. The van der Waals surface area contributed by atoms with Crippen LogP contribution >= 0.6 is 23.2 Å². The summed E-state index contributed by atoms with van der Waals surface area (Å²) < 4.78 is 5.33. The summed E-state index contributed by atoms with van der Waals surface area (Å²) in [5.41, 5.74) is 2.88. The number of rotatable bonds is 2. The SMILES string of the molecule is Cc1cnc(CCl)c(Cl)c1N1CCOCC1. The maximum atomic E-state index is 6.32. The van der Waals surface area contributed by atoms with E-state index in [2.05, 4.69) is 9.88 Å². The monoisotopic (exact) mass is 260 g/mol. The smallest absolute Gasteiger partial charge is 0.0869 e. The zero-order valence-corrected chi connectivity index (χ0v) is 10.7. The molecule has 0 spiro atoms. The Bertz CT molecular complexity index is 378. The Labute approximate surface area is 105 Å². The van der Waals surface area contributed by atoms with Gasteiger partial charge in [0.05, 0.1) is 35.5 Å². The summed E-state index contributed by atoms with van der Waals surface area (Å²) >= 11 is 12.1. The van der Waals surface area contributed by atoms with Gasteiger partial charge in [-0.2, -0.15) is 0 Å². The first kappa shape index (κ1) is 12.0. The van der Waals surface area contributed by atoms with Gasteiger partial charge in [0.15, 0.2) is 0 Å². The number of hydrogen-bond acceptors (Lipinski definition) is 3. The van der Waals surface area contributed by atoms with Crippen molar-refractivity contribution in [3.63, 3.8) is 0 Å². The number of anilines is 1. The van der Waals surface area contributed by atoms with Crippen LogP contribution in [-0.2, 0) is 10.6 Å². The van der Waals surface area contributed by atoms with Crippen LogP contribution in [0.15, 0.2) is 6.20 Å². The summed E-state index contributed by atoms with van der Waals surface area (Å²) in [5, 5.41) is 0.678. The van der Waals surface area contributed by atoms with Crippen molar-refractivity contribution >= 4 is 28.9 Å². The molecule has 0 saturated carbocycles. The molecule has 1 aliphatic heterocycles. The molecule has 0 N–H and O–H groups in total. The van der Waals surface area contributed by atoms with Crippen molar-refractivity contribution in [3.05, 3.63) is 22.5 Å². The standard InChI is InChI=1S/C11H14Cl2N2O/c1-8-7-14-9(6-12)10(13)11(8)15-2-4-16-5-3-15/h7H,2-6H2,1H3. The third-order valence-corrected chi connectivity index (χ3v) is 3.35. The van der Waals surface area contributed by atoms with E-state index in [9.17, 15) is 0 Å². The second-order valence-electron chi connectivity index (χ2n) is 3.78. The topological polar surface area (TPSA) is 25.4 Å². The molecule has 1 aromatic heterocycles. The largest absolute Gasteiger partial charge is 0.378 e. The van der Waals surface area contributed by atoms with Gasteiger partial charge in [0.1, 0.15) is 0 Å². The number of morpholine rings is 1. The van der Waals surface area contributed by atoms with Crippen LogP contribution in [0.2, 0.25) is 5.02 Å². The minimum Gasteiger partial charge on any atom is -0.378 e. The van der Waals surface area contributed by atoms with Gasteiger partial charge in [0.25, 0.3) is 0 Å². The third-order valence-electron chi connectivity index (χ3n) is 2.70. The van der Waals surface area contributed by atoms with Crippen LogP contribution in [0.1, 0.15) is 11.3 Å². The van der Waals surface area contributed by atoms with Crippen molar-refractivity contribution in [1.29, 1.82) is 0 Å². The number of ether oxygens (including phenoxy) is 1. The summed E-state index contributed by atoms with van der Waals surface area (Å²) in [6.45, 7) is 5.24. The molecule has 1 aromatic rings. The first-order valence-electron chi connectivity index (χ1n) is 5.26. The van der Waals surface area contributed by atoms with Gasteiger partial charge in [-0.3, -0.25) is 4.98 Å². The van der Waals surface area contributed by atoms with Crippen LogP contribution in [0, 0.1) is 6.92 Å². The van der Waals surface area contributed by atoms with E-state index >= 15 is 0 Å². The minimum atomic E-state index is 0.344. The first-order chi connectivity index (χ1) is 7.74. The fraction of sp³-hybridized carbons (Fsp3) is 0.545. The van der Waals surface area contributed by atoms with Crippen LogP contribution in [0.3, 0.4) is 0 Å². The van der Waals surface area contributed by atoms with E-state index in [1.165, 1.54) is 0 Å².